The summed E-state index contributed by atoms with van der Waals surface area (Å²) in [5.74, 6) is 0.935. The minimum Gasteiger partial charge on any atom is -0.352 e. The van der Waals surface area contributed by atoms with Crippen LogP contribution in [0.5, 0.6) is 0 Å². The highest BCUT2D eigenvalue weighted by molar-refractivity contribution is 9.10. The van der Waals surface area contributed by atoms with Crippen LogP contribution >= 0.6 is 15.9 Å². The van der Waals surface area contributed by atoms with Gasteiger partial charge in [-0.3, -0.25) is 4.79 Å². The molecule has 3 rings (SSSR count). The number of halogens is 1. The Hall–Kier alpha value is -2.18. The topological polar surface area (TPSA) is 50.2 Å². The first-order valence-electron chi connectivity index (χ1n) is 8.67. The molecule has 1 heterocycles. The van der Waals surface area contributed by atoms with Gasteiger partial charge in [0.2, 0.25) is 0 Å². The summed E-state index contributed by atoms with van der Waals surface area (Å²) in [5.41, 5.74) is 2.79. The zero-order valence-electron chi connectivity index (χ0n) is 15.1. The number of carbonyl (C=O) groups excluding carboxylic acids is 1. The Balaban J connectivity index is 1.70. The average molecular weight is 415 g/mol. The van der Waals surface area contributed by atoms with Crippen LogP contribution in [0.3, 0.4) is 0 Å². The Morgan fingerprint density at radius 2 is 2.00 bits per heavy atom. The molecule has 5 nitrogen and oxygen atoms in total. The van der Waals surface area contributed by atoms with Crippen molar-refractivity contribution in [3.8, 4) is 0 Å². The van der Waals surface area contributed by atoms with E-state index < -0.39 is 0 Å². The van der Waals surface area contributed by atoms with E-state index >= 15 is 0 Å². The van der Waals surface area contributed by atoms with Crippen molar-refractivity contribution >= 4 is 32.9 Å². The first kappa shape index (κ1) is 18.6. The maximum absolute atomic E-state index is 12.3. The van der Waals surface area contributed by atoms with Crippen LogP contribution in [-0.2, 0) is 13.0 Å². The summed E-state index contributed by atoms with van der Waals surface area (Å²) >= 11 is 3.40. The largest absolute Gasteiger partial charge is 0.352 e. The monoisotopic (exact) mass is 414 g/mol. The second kappa shape index (κ2) is 8.47. The Bertz CT molecular complexity index is 904. The van der Waals surface area contributed by atoms with E-state index in [1.807, 2.05) is 42.5 Å². The number of nitrogens with one attached hydrogen (secondary N) is 1. The third-order valence-electron chi connectivity index (χ3n) is 4.23. The lowest BCUT2D eigenvalue weighted by molar-refractivity contribution is 0.0954. The summed E-state index contributed by atoms with van der Waals surface area (Å²) in [6, 6.07) is 15.6. The van der Waals surface area contributed by atoms with Crippen LogP contribution in [0.2, 0.25) is 0 Å². The van der Waals surface area contributed by atoms with E-state index in [9.17, 15) is 4.79 Å². The number of imidazole rings is 1. The summed E-state index contributed by atoms with van der Waals surface area (Å²) in [6.07, 6.45) is 0.696. The number of para-hydroxylation sites is 2. The van der Waals surface area contributed by atoms with Crippen LogP contribution in [0.15, 0.2) is 53.0 Å². The van der Waals surface area contributed by atoms with Crippen molar-refractivity contribution in [1.29, 1.82) is 0 Å². The highest BCUT2D eigenvalue weighted by atomic mass is 79.9. The first-order valence-corrected chi connectivity index (χ1v) is 9.46. The van der Waals surface area contributed by atoms with Gasteiger partial charge in [-0.1, -0.05) is 34.1 Å². The number of nitrogens with zero attached hydrogens (tertiary/aromatic N) is 3. The number of aromatic nitrogens is 2. The third-order valence-corrected chi connectivity index (χ3v) is 4.72. The van der Waals surface area contributed by atoms with Crippen molar-refractivity contribution in [1.82, 2.24) is 19.8 Å². The molecule has 0 saturated carbocycles. The van der Waals surface area contributed by atoms with Gasteiger partial charge in [0.15, 0.2) is 0 Å². The smallest absolute Gasteiger partial charge is 0.251 e. The molecule has 0 spiro atoms. The SMILES string of the molecule is CN(C)CCn1c(CCNC(=O)c2cccc(Br)c2)nc2ccccc21. The average Bonchev–Trinajstić information content (AvgIpc) is 2.97. The van der Waals surface area contributed by atoms with Gasteiger partial charge in [-0.15, -0.1) is 0 Å². The van der Waals surface area contributed by atoms with Crippen LogP contribution < -0.4 is 5.32 Å². The molecule has 0 bridgehead atoms. The number of fused-ring (bicyclic) bond motifs is 1. The number of carbonyl (C=O) groups is 1. The molecular formula is C20H23BrN4O. The van der Waals surface area contributed by atoms with Crippen LogP contribution in [0, 0.1) is 0 Å². The summed E-state index contributed by atoms with van der Waals surface area (Å²) in [7, 11) is 4.13. The molecule has 136 valence electrons. The fourth-order valence-electron chi connectivity index (χ4n) is 2.89. The van der Waals surface area contributed by atoms with Crippen LogP contribution in [0.25, 0.3) is 11.0 Å². The molecule has 1 aromatic heterocycles. The second-order valence-electron chi connectivity index (χ2n) is 6.49. The Kier molecular flexibility index (Phi) is 6.06. The van der Waals surface area contributed by atoms with Gasteiger partial charge in [-0.25, -0.2) is 4.98 Å². The molecule has 0 saturated heterocycles. The lowest BCUT2D eigenvalue weighted by atomic mass is 10.2. The summed E-state index contributed by atoms with van der Waals surface area (Å²) in [5, 5.41) is 2.99. The minimum absolute atomic E-state index is 0.0674. The van der Waals surface area contributed by atoms with E-state index in [0.717, 1.165) is 34.4 Å². The van der Waals surface area contributed by atoms with E-state index in [1.165, 1.54) is 0 Å². The summed E-state index contributed by atoms with van der Waals surface area (Å²) in [4.78, 5) is 19.2. The van der Waals surface area contributed by atoms with Crippen molar-refractivity contribution in [2.45, 2.75) is 13.0 Å². The van der Waals surface area contributed by atoms with Gasteiger partial charge < -0.3 is 14.8 Å². The summed E-state index contributed by atoms with van der Waals surface area (Å²) < 4.78 is 3.15. The molecule has 0 atom stereocenters. The number of hydrogen-bond donors (Lipinski definition) is 1. The second-order valence-corrected chi connectivity index (χ2v) is 7.40. The lowest BCUT2D eigenvalue weighted by Crippen LogP contribution is -2.27. The Labute approximate surface area is 162 Å². The molecule has 6 heteroatoms. The predicted octanol–water partition coefficient (Wildman–Crippen LogP) is 3.33. The van der Waals surface area contributed by atoms with Crippen molar-refractivity contribution in [2.75, 3.05) is 27.2 Å². The highest BCUT2D eigenvalue weighted by Gasteiger charge is 2.11. The molecule has 0 unspecified atom stereocenters. The van der Waals surface area contributed by atoms with E-state index in [1.54, 1.807) is 0 Å². The molecule has 2 aromatic carbocycles. The van der Waals surface area contributed by atoms with Gasteiger partial charge in [-0.05, 0) is 44.4 Å². The zero-order valence-corrected chi connectivity index (χ0v) is 16.7. The lowest BCUT2D eigenvalue weighted by Gasteiger charge is -2.13. The predicted molar refractivity (Wildman–Crippen MR) is 108 cm³/mol. The summed E-state index contributed by atoms with van der Waals surface area (Å²) in [6.45, 7) is 2.37. The Morgan fingerprint density at radius 3 is 2.77 bits per heavy atom. The fourth-order valence-corrected chi connectivity index (χ4v) is 3.28. The molecule has 1 N–H and O–H groups in total. The van der Waals surface area contributed by atoms with Gasteiger partial charge in [-0.2, -0.15) is 0 Å². The van der Waals surface area contributed by atoms with E-state index in [2.05, 4.69) is 50.9 Å². The number of likely N-dealkylation sites (N-methyl/N-ethyl adjacent to an activating group) is 1. The Morgan fingerprint density at radius 1 is 1.19 bits per heavy atom. The molecule has 3 aromatic rings. The molecule has 0 aliphatic carbocycles. The van der Waals surface area contributed by atoms with Gasteiger partial charge in [0.05, 0.1) is 11.0 Å². The van der Waals surface area contributed by atoms with E-state index in [0.29, 0.717) is 18.5 Å². The highest BCUT2D eigenvalue weighted by Crippen LogP contribution is 2.16. The standard InChI is InChI=1S/C20H23BrN4O/c1-24(2)12-13-25-18-9-4-3-8-17(18)23-19(25)10-11-22-20(26)15-6-5-7-16(21)14-15/h3-9,14H,10-13H2,1-2H3,(H,22,26). The van der Waals surface area contributed by atoms with Crippen molar-refractivity contribution in [2.24, 2.45) is 0 Å². The van der Waals surface area contributed by atoms with Gasteiger partial charge in [0.1, 0.15) is 5.82 Å². The molecule has 0 radical (unpaired) electrons. The molecule has 1 amide bonds. The molecule has 0 aliphatic rings. The number of rotatable bonds is 7. The van der Waals surface area contributed by atoms with Gasteiger partial charge in [0, 0.05) is 36.1 Å². The van der Waals surface area contributed by atoms with Gasteiger partial charge in [0.25, 0.3) is 5.91 Å². The molecular weight excluding hydrogens is 392 g/mol. The van der Waals surface area contributed by atoms with E-state index in [-0.39, 0.29) is 5.91 Å². The maximum atomic E-state index is 12.3. The van der Waals surface area contributed by atoms with Crippen LogP contribution in [0.1, 0.15) is 16.2 Å². The minimum atomic E-state index is -0.0674. The molecule has 0 aliphatic heterocycles. The van der Waals surface area contributed by atoms with Crippen LogP contribution in [-0.4, -0.2) is 47.5 Å². The number of benzene rings is 2. The van der Waals surface area contributed by atoms with Gasteiger partial charge >= 0.3 is 0 Å². The fraction of sp³-hybridized carbons (Fsp3) is 0.300. The number of hydrogen-bond acceptors (Lipinski definition) is 3. The number of amides is 1. The van der Waals surface area contributed by atoms with Crippen LogP contribution in [0.4, 0.5) is 0 Å². The van der Waals surface area contributed by atoms with E-state index in [4.69, 9.17) is 4.98 Å². The maximum Gasteiger partial charge on any atom is 0.251 e. The quantitative estimate of drug-likeness (QED) is 0.644. The molecule has 26 heavy (non-hydrogen) atoms. The normalized spacial score (nSPS) is 11.2. The van der Waals surface area contributed by atoms with Crippen molar-refractivity contribution < 1.29 is 4.79 Å². The van der Waals surface area contributed by atoms with Crippen molar-refractivity contribution in [3.63, 3.8) is 0 Å². The molecule has 0 fully saturated rings. The van der Waals surface area contributed by atoms with Crippen molar-refractivity contribution in [3.05, 3.63) is 64.4 Å². The third kappa shape index (κ3) is 4.51. The first-order chi connectivity index (χ1) is 12.5. The zero-order chi connectivity index (χ0) is 18.5.